The minimum atomic E-state index is 0.889. The van der Waals surface area contributed by atoms with Crippen LogP contribution in [0.1, 0.15) is 27.2 Å². The molecule has 68 valence electrons. The van der Waals surface area contributed by atoms with Crippen molar-refractivity contribution in [2.24, 2.45) is 4.99 Å². The lowest BCUT2D eigenvalue weighted by atomic mass is 10.4. The molecule has 0 aromatic heterocycles. The van der Waals surface area contributed by atoms with Crippen LogP contribution in [0, 0.1) is 0 Å². The Balaban J connectivity index is 3.90. The maximum absolute atomic E-state index is 4.30. The molecule has 0 aromatic rings. The Kier molecular flexibility index (Phi) is 6.07. The van der Waals surface area contributed by atoms with E-state index in [1.165, 1.54) is 0 Å². The number of allylic oxidation sites excluding steroid dienone is 3. The number of nitrogens with zero attached hydrogens (tertiary/aromatic N) is 1. The van der Waals surface area contributed by atoms with Gasteiger partial charge in [-0.1, -0.05) is 19.6 Å². The van der Waals surface area contributed by atoms with Gasteiger partial charge < -0.3 is 5.32 Å². The summed E-state index contributed by atoms with van der Waals surface area (Å²) in [4.78, 5) is 4.30. The average molecular weight is 166 g/mol. The van der Waals surface area contributed by atoms with Crippen LogP contribution in [0.5, 0.6) is 0 Å². The second kappa shape index (κ2) is 6.65. The Labute approximate surface area is 75.1 Å². The molecule has 0 unspecified atom stereocenters. The maximum atomic E-state index is 4.30. The molecule has 0 aliphatic rings. The van der Waals surface area contributed by atoms with Gasteiger partial charge in [-0.15, -0.1) is 0 Å². The quantitative estimate of drug-likeness (QED) is 0.387. The first-order valence-electron chi connectivity index (χ1n) is 4.28. The van der Waals surface area contributed by atoms with Crippen LogP contribution in [-0.2, 0) is 0 Å². The second-order valence-electron chi connectivity index (χ2n) is 2.68. The lowest BCUT2D eigenvalue weighted by Crippen LogP contribution is -2.18. The van der Waals surface area contributed by atoms with Crippen LogP contribution in [0.3, 0.4) is 0 Å². The van der Waals surface area contributed by atoms with E-state index in [4.69, 9.17) is 0 Å². The predicted octanol–water partition coefficient (Wildman–Crippen LogP) is 2.49. The third-order valence-electron chi connectivity index (χ3n) is 1.32. The van der Waals surface area contributed by atoms with Crippen molar-refractivity contribution in [3.63, 3.8) is 0 Å². The van der Waals surface area contributed by atoms with Gasteiger partial charge in [0.15, 0.2) is 0 Å². The summed E-state index contributed by atoms with van der Waals surface area (Å²) in [5, 5.41) is 3.16. The van der Waals surface area contributed by atoms with Gasteiger partial charge in [-0.2, -0.15) is 0 Å². The Hall–Kier alpha value is -1.05. The highest BCUT2D eigenvalue weighted by molar-refractivity contribution is 5.81. The van der Waals surface area contributed by atoms with E-state index >= 15 is 0 Å². The molecule has 0 amide bonds. The summed E-state index contributed by atoms with van der Waals surface area (Å²) in [6.45, 7) is 10.6. The average Bonchev–Trinajstić information content (AvgIpc) is 2.01. The normalized spacial score (nSPS) is 12.9. The van der Waals surface area contributed by atoms with Crippen LogP contribution in [0.15, 0.2) is 29.4 Å². The first-order valence-corrected chi connectivity index (χ1v) is 4.28. The number of amidine groups is 1. The van der Waals surface area contributed by atoms with Crippen molar-refractivity contribution in [2.75, 3.05) is 6.54 Å². The van der Waals surface area contributed by atoms with Crippen molar-refractivity contribution < 1.29 is 0 Å². The molecule has 0 aliphatic carbocycles. The molecular formula is C10H18N2. The van der Waals surface area contributed by atoms with Crippen LogP contribution in [0.2, 0.25) is 0 Å². The van der Waals surface area contributed by atoms with E-state index in [0.29, 0.717) is 0 Å². The van der Waals surface area contributed by atoms with E-state index in [0.717, 1.165) is 24.5 Å². The standard InChI is InChI=1S/C10H18N2/c1-5-7-9(3)12-10(4)11-8-6-2/h5,7H,1,6,8H2,2-4H3,(H,11,12)/b9-7-. The summed E-state index contributed by atoms with van der Waals surface area (Å²) in [6.07, 6.45) is 4.77. The second-order valence-corrected chi connectivity index (χ2v) is 2.68. The molecule has 0 saturated carbocycles. The molecule has 0 rings (SSSR count). The van der Waals surface area contributed by atoms with Crippen molar-refractivity contribution in [2.45, 2.75) is 27.2 Å². The van der Waals surface area contributed by atoms with Gasteiger partial charge in [-0.25, -0.2) is 0 Å². The van der Waals surface area contributed by atoms with E-state index in [-0.39, 0.29) is 0 Å². The number of aliphatic imine (C=N–C) groups is 1. The van der Waals surface area contributed by atoms with Crippen molar-refractivity contribution in [1.29, 1.82) is 0 Å². The lowest BCUT2D eigenvalue weighted by Gasteiger charge is -2.04. The topological polar surface area (TPSA) is 24.4 Å². The van der Waals surface area contributed by atoms with Gasteiger partial charge in [-0.3, -0.25) is 4.99 Å². The summed E-state index contributed by atoms with van der Waals surface area (Å²) >= 11 is 0. The largest absolute Gasteiger partial charge is 0.348 e. The van der Waals surface area contributed by atoms with E-state index in [1.54, 1.807) is 6.08 Å². The van der Waals surface area contributed by atoms with Gasteiger partial charge in [-0.05, 0) is 26.3 Å². The van der Waals surface area contributed by atoms with Crippen LogP contribution < -0.4 is 5.32 Å². The smallest absolute Gasteiger partial charge is 0.0972 e. The molecular weight excluding hydrogens is 148 g/mol. The van der Waals surface area contributed by atoms with Crippen LogP contribution in [-0.4, -0.2) is 12.4 Å². The summed E-state index contributed by atoms with van der Waals surface area (Å²) < 4.78 is 0. The third-order valence-corrected chi connectivity index (χ3v) is 1.32. The monoisotopic (exact) mass is 166 g/mol. The van der Waals surface area contributed by atoms with Gasteiger partial charge in [0.2, 0.25) is 0 Å². The maximum Gasteiger partial charge on any atom is 0.0972 e. The third kappa shape index (κ3) is 5.71. The molecule has 0 radical (unpaired) electrons. The van der Waals surface area contributed by atoms with Gasteiger partial charge >= 0.3 is 0 Å². The van der Waals surface area contributed by atoms with Gasteiger partial charge in [0.25, 0.3) is 0 Å². The number of hydrogen-bond acceptors (Lipinski definition) is 1. The van der Waals surface area contributed by atoms with Gasteiger partial charge in [0, 0.05) is 12.2 Å². The van der Waals surface area contributed by atoms with Crippen molar-refractivity contribution >= 4 is 5.84 Å². The van der Waals surface area contributed by atoms with E-state index < -0.39 is 0 Å². The molecule has 0 saturated heterocycles. The molecule has 0 heterocycles. The Morgan fingerprint density at radius 2 is 2.17 bits per heavy atom. The Morgan fingerprint density at radius 3 is 2.67 bits per heavy atom. The zero-order chi connectivity index (χ0) is 9.40. The highest BCUT2D eigenvalue weighted by Gasteiger charge is 1.88. The summed E-state index contributed by atoms with van der Waals surface area (Å²) in [5.74, 6) is 0.965. The molecule has 0 aromatic carbocycles. The summed E-state index contributed by atoms with van der Waals surface area (Å²) in [5.41, 5.74) is 1.07. The molecule has 2 heteroatoms. The van der Waals surface area contributed by atoms with Crippen LogP contribution in [0.4, 0.5) is 0 Å². The first kappa shape index (κ1) is 11.0. The molecule has 0 fully saturated rings. The van der Waals surface area contributed by atoms with E-state index in [9.17, 15) is 0 Å². The highest BCUT2D eigenvalue weighted by atomic mass is 15.0. The van der Waals surface area contributed by atoms with E-state index in [1.807, 2.05) is 19.9 Å². The first-order chi connectivity index (χ1) is 5.70. The molecule has 2 nitrogen and oxygen atoms in total. The zero-order valence-electron chi connectivity index (χ0n) is 8.22. The van der Waals surface area contributed by atoms with Crippen LogP contribution >= 0.6 is 0 Å². The van der Waals surface area contributed by atoms with Gasteiger partial charge in [0.05, 0.1) is 5.84 Å². The zero-order valence-corrected chi connectivity index (χ0v) is 8.22. The molecule has 0 spiro atoms. The van der Waals surface area contributed by atoms with Crippen LogP contribution in [0.25, 0.3) is 0 Å². The lowest BCUT2D eigenvalue weighted by molar-refractivity contribution is 0.917. The van der Waals surface area contributed by atoms with Crippen molar-refractivity contribution in [3.8, 4) is 0 Å². The number of nitrogens with one attached hydrogen (secondary N) is 1. The molecule has 0 aliphatic heterocycles. The molecule has 0 bridgehead atoms. The van der Waals surface area contributed by atoms with Gasteiger partial charge in [0.1, 0.15) is 0 Å². The fraction of sp³-hybridized carbons (Fsp3) is 0.500. The fourth-order valence-corrected chi connectivity index (χ4v) is 0.823. The predicted molar refractivity (Wildman–Crippen MR) is 55.4 cm³/mol. The fourth-order valence-electron chi connectivity index (χ4n) is 0.823. The SMILES string of the molecule is C=C/C=C(/C)NC(C)=NCCC. The molecule has 1 N–H and O–H groups in total. The van der Waals surface area contributed by atoms with E-state index in [2.05, 4.69) is 23.8 Å². The summed E-state index contributed by atoms with van der Waals surface area (Å²) in [7, 11) is 0. The minimum Gasteiger partial charge on any atom is -0.348 e. The minimum absolute atomic E-state index is 0.889. The van der Waals surface area contributed by atoms with Crippen molar-refractivity contribution in [3.05, 3.63) is 24.4 Å². The van der Waals surface area contributed by atoms with Crippen molar-refractivity contribution in [1.82, 2.24) is 5.32 Å². The molecule has 0 atom stereocenters. The Bertz CT molecular complexity index is 190. The molecule has 12 heavy (non-hydrogen) atoms. The summed E-state index contributed by atoms with van der Waals surface area (Å²) in [6, 6.07) is 0. The highest BCUT2D eigenvalue weighted by Crippen LogP contribution is 1.88. The number of rotatable bonds is 4. The number of hydrogen-bond donors (Lipinski definition) is 1. The Morgan fingerprint density at radius 1 is 1.50 bits per heavy atom.